The van der Waals surface area contributed by atoms with Gasteiger partial charge in [-0.3, -0.25) is 0 Å². The molecule has 10 atom stereocenters. The molecule has 2 N–H and O–H groups in total. The SMILES string of the molecule is CC(C1CC1)C1CCC2C3CC4NC45CC(O)CCC5(C)C3CCC12C. The summed E-state index contributed by atoms with van der Waals surface area (Å²) in [7, 11) is 0. The average molecular weight is 358 g/mol. The maximum absolute atomic E-state index is 10.4. The topological polar surface area (TPSA) is 42.2 Å². The van der Waals surface area contributed by atoms with Crippen LogP contribution in [0.3, 0.4) is 0 Å². The van der Waals surface area contributed by atoms with E-state index >= 15 is 0 Å². The normalized spacial score (nSPS) is 61.8. The molecule has 0 amide bonds. The van der Waals surface area contributed by atoms with Crippen LogP contribution in [0, 0.1) is 46.3 Å². The molecule has 1 saturated heterocycles. The van der Waals surface area contributed by atoms with Crippen molar-refractivity contribution in [1.82, 2.24) is 5.32 Å². The van der Waals surface area contributed by atoms with Crippen LogP contribution in [0.15, 0.2) is 0 Å². The van der Waals surface area contributed by atoms with E-state index in [1.165, 1.54) is 51.4 Å². The first kappa shape index (κ1) is 16.8. The molecule has 6 aliphatic rings. The smallest absolute Gasteiger partial charge is 0.0558 e. The Hall–Kier alpha value is -0.0800. The average Bonchev–Trinajstić information content (AvgIpc) is 3.50. The summed E-state index contributed by atoms with van der Waals surface area (Å²) >= 11 is 0. The summed E-state index contributed by atoms with van der Waals surface area (Å²) in [6, 6.07) is 0.714. The van der Waals surface area contributed by atoms with E-state index in [4.69, 9.17) is 0 Å². The first-order valence-corrected chi connectivity index (χ1v) is 11.8. The third-order valence-corrected chi connectivity index (χ3v) is 11.4. The highest BCUT2D eigenvalue weighted by Crippen LogP contribution is 2.72. The highest BCUT2D eigenvalue weighted by Gasteiger charge is 2.74. The van der Waals surface area contributed by atoms with Crippen LogP contribution in [-0.4, -0.2) is 22.8 Å². The van der Waals surface area contributed by atoms with Gasteiger partial charge in [-0.2, -0.15) is 0 Å². The minimum absolute atomic E-state index is 0.0544. The van der Waals surface area contributed by atoms with Gasteiger partial charge in [0, 0.05) is 11.6 Å². The molecule has 2 nitrogen and oxygen atoms in total. The van der Waals surface area contributed by atoms with Crippen molar-refractivity contribution in [1.29, 1.82) is 0 Å². The van der Waals surface area contributed by atoms with Gasteiger partial charge in [-0.1, -0.05) is 20.8 Å². The summed E-state index contributed by atoms with van der Waals surface area (Å²) in [5.74, 6) is 5.89. The zero-order valence-electron chi connectivity index (χ0n) is 17.1. The highest BCUT2D eigenvalue weighted by atomic mass is 16.3. The molecule has 10 unspecified atom stereocenters. The number of aliphatic hydroxyl groups excluding tert-OH is 1. The van der Waals surface area contributed by atoms with Crippen LogP contribution in [0.2, 0.25) is 0 Å². The van der Waals surface area contributed by atoms with Gasteiger partial charge >= 0.3 is 0 Å². The summed E-state index contributed by atoms with van der Waals surface area (Å²) in [5, 5.41) is 14.3. The summed E-state index contributed by atoms with van der Waals surface area (Å²) in [4.78, 5) is 0. The van der Waals surface area contributed by atoms with E-state index in [0.717, 1.165) is 48.3 Å². The van der Waals surface area contributed by atoms with Crippen molar-refractivity contribution in [3.63, 3.8) is 0 Å². The molecule has 0 aromatic rings. The predicted octanol–water partition coefficient (Wildman–Crippen LogP) is 4.76. The summed E-state index contributed by atoms with van der Waals surface area (Å²) in [6.45, 7) is 7.92. The van der Waals surface area contributed by atoms with Crippen LogP contribution in [0.4, 0.5) is 0 Å². The second kappa shape index (κ2) is 5.09. The van der Waals surface area contributed by atoms with E-state index in [0.29, 0.717) is 22.4 Å². The van der Waals surface area contributed by atoms with Crippen LogP contribution in [0.25, 0.3) is 0 Å². The Morgan fingerprint density at radius 2 is 1.77 bits per heavy atom. The first-order chi connectivity index (χ1) is 12.4. The van der Waals surface area contributed by atoms with Crippen molar-refractivity contribution in [2.45, 2.75) is 103 Å². The molecule has 26 heavy (non-hydrogen) atoms. The van der Waals surface area contributed by atoms with E-state index in [9.17, 15) is 5.11 Å². The fraction of sp³-hybridized carbons (Fsp3) is 1.00. The maximum atomic E-state index is 10.4. The lowest BCUT2D eigenvalue weighted by atomic mass is 9.44. The first-order valence-electron chi connectivity index (χ1n) is 11.8. The molecule has 1 heterocycles. The van der Waals surface area contributed by atoms with Gasteiger partial charge in [-0.05, 0) is 111 Å². The Kier molecular flexibility index (Phi) is 3.30. The predicted molar refractivity (Wildman–Crippen MR) is 105 cm³/mol. The Balaban J connectivity index is 1.31. The minimum Gasteiger partial charge on any atom is -0.393 e. The maximum Gasteiger partial charge on any atom is 0.0558 e. The van der Waals surface area contributed by atoms with E-state index in [-0.39, 0.29) is 6.10 Å². The molecule has 5 aliphatic carbocycles. The van der Waals surface area contributed by atoms with Gasteiger partial charge in [0.05, 0.1) is 6.10 Å². The van der Waals surface area contributed by atoms with E-state index < -0.39 is 0 Å². The molecule has 2 heteroatoms. The van der Waals surface area contributed by atoms with Crippen LogP contribution in [0.1, 0.15) is 85.0 Å². The van der Waals surface area contributed by atoms with Gasteiger partial charge in [0.25, 0.3) is 0 Å². The van der Waals surface area contributed by atoms with Crippen LogP contribution < -0.4 is 5.32 Å². The molecule has 146 valence electrons. The molecular formula is C24H39NO. The Morgan fingerprint density at radius 3 is 2.54 bits per heavy atom. The lowest BCUT2D eigenvalue weighted by molar-refractivity contribution is -0.107. The Morgan fingerprint density at radius 1 is 0.962 bits per heavy atom. The van der Waals surface area contributed by atoms with Crippen molar-refractivity contribution < 1.29 is 5.11 Å². The molecule has 6 rings (SSSR count). The third-order valence-electron chi connectivity index (χ3n) is 11.4. The Bertz CT molecular complexity index is 615. The van der Waals surface area contributed by atoms with Crippen LogP contribution in [-0.2, 0) is 0 Å². The number of rotatable bonds is 2. The standard InChI is InChI=1S/C24H39NO/c1-14(15-4-5-15)18-6-7-19-17-12-21-24(25-21)13-16(26)8-11-23(24,3)20(17)9-10-22(18,19)2/h14-21,25-26H,4-13H2,1-3H3. The van der Waals surface area contributed by atoms with Gasteiger partial charge < -0.3 is 10.4 Å². The lowest BCUT2D eigenvalue weighted by Gasteiger charge is -2.60. The van der Waals surface area contributed by atoms with Crippen LogP contribution in [0.5, 0.6) is 0 Å². The molecule has 0 bridgehead atoms. The van der Waals surface area contributed by atoms with Crippen molar-refractivity contribution in [3.05, 3.63) is 0 Å². The highest BCUT2D eigenvalue weighted by molar-refractivity contribution is 5.30. The second-order valence-corrected chi connectivity index (χ2v) is 12.0. The summed E-state index contributed by atoms with van der Waals surface area (Å²) in [6.07, 6.45) is 13.7. The Labute approximate surface area is 159 Å². The van der Waals surface area contributed by atoms with Gasteiger partial charge in [-0.25, -0.2) is 0 Å². The van der Waals surface area contributed by atoms with E-state index in [2.05, 4.69) is 26.1 Å². The third kappa shape index (κ3) is 1.92. The fourth-order valence-corrected chi connectivity index (χ4v) is 9.74. The van der Waals surface area contributed by atoms with Crippen LogP contribution >= 0.6 is 0 Å². The summed E-state index contributed by atoms with van der Waals surface area (Å²) in [5.41, 5.74) is 1.38. The van der Waals surface area contributed by atoms with Gasteiger partial charge in [-0.15, -0.1) is 0 Å². The largest absolute Gasteiger partial charge is 0.393 e. The molecule has 1 aliphatic heterocycles. The fourth-order valence-electron chi connectivity index (χ4n) is 9.74. The summed E-state index contributed by atoms with van der Waals surface area (Å²) < 4.78 is 0. The van der Waals surface area contributed by atoms with Gasteiger partial charge in [0.2, 0.25) is 0 Å². The number of hydrogen-bond donors (Lipinski definition) is 2. The molecular weight excluding hydrogens is 318 g/mol. The monoisotopic (exact) mass is 357 g/mol. The molecule has 0 aromatic heterocycles. The van der Waals surface area contributed by atoms with E-state index in [1.807, 2.05) is 0 Å². The van der Waals surface area contributed by atoms with Crippen molar-refractivity contribution in [2.75, 3.05) is 0 Å². The molecule has 1 spiro atoms. The number of hydrogen-bond acceptors (Lipinski definition) is 2. The quantitative estimate of drug-likeness (QED) is 0.700. The van der Waals surface area contributed by atoms with Crippen molar-refractivity contribution in [2.24, 2.45) is 46.3 Å². The zero-order valence-corrected chi connectivity index (χ0v) is 17.1. The van der Waals surface area contributed by atoms with Crippen molar-refractivity contribution >= 4 is 0 Å². The number of nitrogens with one attached hydrogen (secondary N) is 1. The lowest BCUT2D eigenvalue weighted by Crippen LogP contribution is -2.59. The molecule has 5 saturated carbocycles. The molecule has 0 radical (unpaired) electrons. The van der Waals surface area contributed by atoms with Gasteiger partial charge in [0.15, 0.2) is 0 Å². The minimum atomic E-state index is -0.0544. The second-order valence-electron chi connectivity index (χ2n) is 12.0. The molecule has 0 aromatic carbocycles. The molecule has 6 fully saturated rings. The number of aliphatic hydroxyl groups is 1. The van der Waals surface area contributed by atoms with Gasteiger partial charge in [0.1, 0.15) is 0 Å². The van der Waals surface area contributed by atoms with Crippen molar-refractivity contribution in [3.8, 4) is 0 Å². The number of fused-ring (bicyclic) bond motifs is 4. The van der Waals surface area contributed by atoms with E-state index in [1.54, 1.807) is 0 Å². The zero-order chi connectivity index (χ0) is 17.9.